The summed E-state index contributed by atoms with van der Waals surface area (Å²) in [4.78, 5) is 11.2. The lowest BCUT2D eigenvalue weighted by molar-refractivity contribution is -0.149. The van der Waals surface area contributed by atoms with Crippen molar-refractivity contribution in [2.24, 2.45) is 0 Å². The van der Waals surface area contributed by atoms with E-state index < -0.39 is 17.4 Å². The van der Waals surface area contributed by atoms with Crippen LogP contribution in [-0.4, -0.2) is 33.0 Å². The van der Waals surface area contributed by atoms with E-state index in [4.69, 9.17) is 11.6 Å². The molecule has 8 heteroatoms. The van der Waals surface area contributed by atoms with Gasteiger partial charge >= 0.3 is 0 Å². The van der Waals surface area contributed by atoms with Gasteiger partial charge in [0, 0.05) is 25.2 Å². The monoisotopic (exact) mass is 299 g/mol. The molecule has 4 nitrogen and oxygen atoms in total. The molecule has 1 aliphatic rings. The average Bonchev–Trinajstić information content (AvgIpc) is 2.66. The molecule has 0 saturated heterocycles. The van der Waals surface area contributed by atoms with Gasteiger partial charge in [-0.05, 0) is 6.07 Å². The van der Waals surface area contributed by atoms with E-state index in [0.29, 0.717) is 0 Å². The molecular formula is C10H13Cl2F2N3O. The topological polar surface area (TPSA) is 46.9 Å². The van der Waals surface area contributed by atoms with Crippen LogP contribution in [0.25, 0.3) is 0 Å². The SMILES string of the molecule is Cl.O=C(CCl)NC1(Cn2cccn2)CC(F)(F)C1. The number of halogens is 4. The Morgan fingerprint density at radius 3 is 2.61 bits per heavy atom. The summed E-state index contributed by atoms with van der Waals surface area (Å²) in [5, 5.41) is 6.51. The van der Waals surface area contributed by atoms with Crippen LogP contribution < -0.4 is 5.32 Å². The Labute approximate surface area is 114 Å². The summed E-state index contributed by atoms with van der Waals surface area (Å²) in [6.45, 7) is 0.234. The molecule has 1 fully saturated rings. The van der Waals surface area contributed by atoms with Gasteiger partial charge in [-0.2, -0.15) is 5.10 Å². The molecule has 0 radical (unpaired) electrons. The lowest BCUT2D eigenvalue weighted by Gasteiger charge is -2.47. The molecule has 0 aliphatic heterocycles. The van der Waals surface area contributed by atoms with E-state index in [9.17, 15) is 13.6 Å². The van der Waals surface area contributed by atoms with Crippen molar-refractivity contribution in [3.05, 3.63) is 18.5 Å². The number of nitrogens with zero attached hydrogens (tertiary/aromatic N) is 2. The molecule has 1 heterocycles. The molecule has 1 N–H and O–H groups in total. The first-order valence-electron chi connectivity index (χ1n) is 5.17. The molecule has 1 aliphatic carbocycles. The molecule has 0 atom stereocenters. The van der Waals surface area contributed by atoms with Crippen molar-refractivity contribution < 1.29 is 13.6 Å². The van der Waals surface area contributed by atoms with Crippen molar-refractivity contribution in [3.63, 3.8) is 0 Å². The van der Waals surface area contributed by atoms with E-state index in [1.54, 1.807) is 18.5 Å². The molecule has 102 valence electrons. The highest BCUT2D eigenvalue weighted by atomic mass is 35.5. The van der Waals surface area contributed by atoms with Crippen LogP contribution in [0.5, 0.6) is 0 Å². The number of nitrogens with one attached hydrogen (secondary N) is 1. The highest BCUT2D eigenvalue weighted by Crippen LogP contribution is 2.46. The van der Waals surface area contributed by atoms with Gasteiger partial charge in [-0.15, -0.1) is 24.0 Å². The van der Waals surface area contributed by atoms with Crippen molar-refractivity contribution >= 4 is 29.9 Å². The molecule has 1 saturated carbocycles. The summed E-state index contributed by atoms with van der Waals surface area (Å²) in [6, 6.07) is 1.70. The van der Waals surface area contributed by atoms with Crippen LogP contribution in [0.2, 0.25) is 0 Å². The predicted molar refractivity (Wildman–Crippen MR) is 65.2 cm³/mol. The third kappa shape index (κ3) is 3.32. The third-order valence-corrected chi connectivity index (χ3v) is 2.99. The summed E-state index contributed by atoms with van der Waals surface area (Å²) >= 11 is 5.37. The molecule has 1 aromatic rings. The van der Waals surface area contributed by atoms with Gasteiger partial charge in [0.15, 0.2) is 0 Å². The van der Waals surface area contributed by atoms with Gasteiger partial charge < -0.3 is 5.32 Å². The molecular weight excluding hydrogens is 287 g/mol. The Hall–Kier alpha value is -0.880. The fraction of sp³-hybridized carbons (Fsp3) is 0.600. The summed E-state index contributed by atoms with van der Waals surface area (Å²) in [7, 11) is 0. The van der Waals surface area contributed by atoms with Gasteiger partial charge in [-0.3, -0.25) is 9.48 Å². The van der Waals surface area contributed by atoms with Gasteiger partial charge in [0.1, 0.15) is 5.88 Å². The fourth-order valence-corrected chi connectivity index (χ4v) is 2.28. The zero-order chi connectivity index (χ0) is 12.5. The van der Waals surface area contributed by atoms with Crippen LogP contribution in [0.3, 0.4) is 0 Å². The van der Waals surface area contributed by atoms with Crippen LogP contribution in [0.1, 0.15) is 12.8 Å². The van der Waals surface area contributed by atoms with Crippen LogP contribution in [0.4, 0.5) is 8.78 Å². The van der Waals surface area contributed by atoms with E-state index in [0.717, 1.165) is 0 Å². The summed E-state index contributed by atoms with van der Waals surface area (Å²) in [6.07, 6.45) is 2.49. The van der Waals surface area contributed by atoms with Gasteiger partial charge in [0.2, 0.25) is 5.91 Å². The number of amides is 1. The molecule has 0 spiro atoms. The number of hydrogen-bond donors (Lipinski definition) is 1. The van der Waals surface area contributed by atoms with E-state index in [1.165, 1.54) is 4.68 Å². The number of carbonyl (C=O) groups is 1. The second-order valence-corrected chi connectivity index (χ2v) is 4.64. The molecule has 0 unspecified atom stereocenters. The van der Waals surface area contributed by atoms with Gasteiger partial charge in [0.25, 0.3) is 5.92 Å². The molecule has 0 aromatic carbocycles. The molecule has 0 bridgehead atoms. The summed E-state index contributed by atoms with van der Waals surface area (Å²) < 4.78 is 27.5. The van der Waals surface area contributed by atoms with Crippen LogP contribution >= 0.6 is 24.0 Å². The smallest absolute Gasteiger partial charge is 0.252 e. The lowest BCUT2D eigenvalue weighted by atomic mass is 9.73. The van der Waals surface area contributed by atoms with Crippen molar-refractivity contribution in [1.82, 2.24) is 15.1 Å². The van der Waals surface area contributed by atoms with Crippen LogP contribution in [-0.2, 0) is 11.3 Å². The third-order valence-electron chi connectivity index (χ3n) is 2.74. The second kappa shape index (κ2) is 5.40. The molecule has 18 heavy (non-hydrogen) atoms. The van der Waals surface area contributed by atoms with Crippen LogP contribution in [0.15, 0.2) is 18.5 Å². The Morgan fingerprint density at radius 1 is 1.50 bits per heavy atom. The Morgan fingerprint density at radius 2 is 2.17 bits per heavy atom. The zero-order valence-electron chi connectivity index (χ0n) is 9.41. The number of aromatic nitrogens is 2. The minimum atomic E-state index is -2.72. The average molecular weight is 300 g/mol. The van der Waals surface area contributed by atoms with Crippen molar-refractivity contribution in [2.45, 2.75) is 30.8 Å². The summed E-state index contributed by atoms with van der Waals surface area (Å²) in [5.41, 5.74) is -0.929. The van der Waals surface area contributed by atoms with Crippen molar-refractivity contribution in [3.8, 4) is 0 Å². The van der Waals surface area contributed by atoms with E-state index in [-0.39, 0.29) is 37.7 Å². The van der Waals surface area contributed by atoms with Gasteiger partial charge in [-0.25, -0.2) is 8.78 Å². The van der Waals surface area contributed by atoms with E-state index >= 15 is 0 Å². The number of alkyl halides is 3. The second-order valence-electron chi connectivity index (χ2n) is 4.38. The number of rotatable bonds is 4. The van der Waals surface area contributed by atoms with E-state index in [2.05, 4.69) is 10.4 Å². The summed E-state index contributed by atoms with van der Waals surface area (Å²) in [5.74, 6) is -3.38. The Bertz CT molecular complexity index is 403. The maximum Gasteiger partial charge on any atom is 0.252 e. The van der Waals surface area contributed by atoms with E-state index in [1.807, 2.05) is 0 Å². The lowest BCUT2D eigenvalue weighted by Crippen LogP contribution is -2.64. The highest BCUT2D eigenvalue weighted by molar-refractivity contribution is 6.27. The Balaban J connectivity index is 0.00000162. The first-order chi connectivity index (χ1) is 7.95. The molecule has 2 rings (SSSR count). The number of carbonyl (C=O) groups excluding carboxylic acids is 1. The first kappa shape index (κ1) is 15.2. The van der Waals surface area contributed by atoms with Gasteiger partial charge in [-0.1, -0.05) is 0 Å². The minimum Gasteiger partial charge on any atom is -0.347 e. The number of hydrogen-bond acceptors (Lipinski definition) is 2. The maximum absolute atomic E-state index is 13.0. The maximum atomic E-state index is 13.0. The fourth-order valence-electron chi connectivity index (χ4n) is 2.21. The Kier molecular flexibility index (Phi) is 4.55. The van der Waals surface area contributed by atoms with Crippen LogP contribution in [0, 0.1) is 0 Å². The zero-order valence-corrected chi connectivity index (χ0v) is 11.0. The first-order valence-corrected chi connectivity index (χ1v) is 5.70. The highest BCUT2D eigenvalue weighted by Gasteiger charge is 2.57. The molecule has 1 amide bonds. The van der Waals surface area contributed by atoms with Crippen molar-refractivity contribution in [1.29, 1.82) is 0 Å². The molecule has 1 aromatic heterocycles. The normalized spacial score (nSPS) is 19.5. The standard InChI is InChI=1S/C10H12ClF2N3O.ClH/c11-4-8(17)15-9(5-10(12,13)6-9)7-16-3-1-2-14-16;/h1-3H,4-7H2,(H,15,17);1H. The largest absolute Gasteiger partial charge is 0.347 e. The quantitative estimate of drug-likeness (QED) is 0.862. The van der Waals surface area contributed by atoms with Gasteiger partial charge in [0.05, 0.1) is 12.1 Å². The van der Waals surface area contributed by atoms with Crippen molar-refractivity contribution in [2.75, 3.05) is 5.88 Å². The minimum absolute atomic E-state index is 0. The predicted octanol–water partition coefficient (Wildman–Crippen LogP) is 1.83.